The number of amides is 13. The van der Waals surface area contributed by atoms with Crippen molar-refractivity contribution < 1.29 is 70.2 Å². The number of likely N-dealkylation sites (tertiary alicyclic amines) is 5. The van der Waals surface area contributed by atoms with Gasteiger partial charge in [0, 0.05) is 150 Å². The normalized spacial score (nSPS) is 14.8. The first kappa shape index (κ1) is 101. The van der Waals surface area contributed by atoms with E-state index < -0.39 is 0 Å². The molecule has 5 fully saturated rings. The summed E-state index contributed by atoms with van der Waals surface area (Å²) in [5, 5.41) is 15.0. The zero-order valence-corrected chi connectivity index (χ0v) is 80.0. The lowest BCUT2D eigenvalue weighted by molar-refractivity contribution is -0.131. The van der Waals surface area contributed by atoms with E-state index in [-0.39, 0.29) is 84.1 Å². The Balaban J connectivity index is 0.000000171. The van der Waals surface area contributed by atoms with Gasteiger partial charge in [0.15, 0.2) is 0 Å². The quantitative estimate of drug-likeness (QED) is 0.0355. The van der Waals surface area contributed by atoms with Crippen molar-refractivity contribution in [3.63, 3.8) is 0 Å². The van der Waals surface area contributed by atoms with Gasteiger partial charge < -0.3 is 107 Å². The van der Waals surface area contributed by atoms with E-state index in [1.165, 1.54) is 5.56 Å². The Morgan fingerprint density at radius 2 is 0.712 bits per heavy atom. The molecule has 9 heterocycles. The summed E-state index contributed by atoms with van der Waals surface area (Å²) in [7, 11) is 3.22. The van der Waals surface area contributed by atoms with E-state index in [0.29, 0.717) is 94.9 Å². The molecule has 5 aliphatic rings. The van der Waals surface area contributed by atoms with Gasteiger partial charge in [-0.15, -0.1) is 0 Å². The fraction of sp³-hybridized carbons (Fsp3) is 0.426. The number of carbonyl (C=O) groups excluding carboxylic acids is 8. The van der Waals surface area contributed by atoms with Crippen LogP contribution in [-0.2, 0) is 40.6 Å². The smallest absolute Gasteiger partial charge is 0.322 e. The predicted octanol–water partition coefficient (Wildman–Crippen LogP) is 20.0. The summed E-state index contributed by atoms with van der Waals surface area (Å²) < 4.78 is 38.8. The number of piperidine rings is 5. The Hall–Kier alpha value is -13.1. The van der Waals surface area contributed by atoms with Crippen molar-refractivity contribution in [3.8, 4) is 17.2 Å². The second-order valence-electron chi connectivity index (χ2n) is 33.7. The summed E-state index contributed by atoms with van der Waals surface area (Å²) in [6, 6.07) is 50.4. The average molecular weight is 1880 g/mol. The molecular formula is C101H132BrN15O15. The Morgan fingerprint density at radius 3 is 1.05 bits per heavy atom. The molecule has 14 rings (SSSR count). The molecular weight excluding hydrogens is 1740 g/mol. The van der Waals surface area contributed by atoms with Gasteiger partial charge in [-0.2, -0.15) is 0 Å². The topological polar surface area (TPSA) is 309 Å². The van der Waals surface area contributed by atoms with Gasteiger partial charge in [0.05, 0.1) is 89.1 Å². The van der Waals surface area contributed by atoms with Crippen molar-refractivity contribution in [1.29, 1.82) is 0 Å². The first-order valence-electron chi connectivity index (χ1n) is 45.4. The van der Waals surface area contributed by atoms with Crippen LogP contribution >= 0.6 is 15.9 Å². The molecule has 5 saturated heterocycles. The monoisotopic (exact) mass is 1870 g/mol. The molecule has 132 heavy (non-hydrogen) atoms. The number of nitrogens with zero attached hydrogens (tertiary/aromatic N) is 10. The molecule has 4 aromatic heterocycles. The van der Waals surface area contributed by atoms with Crippen molar-refractivity contribution in [2.45, 2.75) is 196 Å². The number of ether oxygens (including phenoxy) is 3. The first-order valence-corrected chi connectivity index (χ1v) is 46.2. The Morgan fingerprint density at radius 1 is 0.386 bits per heavy atom. The largest absolute Gasteiger partial charge is 0.497 e. The van der Waals surface area contributed by atoms with Crippen molar-refractivity contribution in [2.75, 3.05) is 113 Å². The molecule has 0 atom stereocenters. The maximum Gasteiger partial charge on any atom is 0.322 e. The van der Waals surface area contributed by atoms with Gasteiger partial charge >= 0.3 is 30.2 Å². The van der Waals surface area contributed by atoms with Crippen LogP contribution in [0.4, 0.5) is 52.4 Å². The fourth-order valence-electron chi connectivity index (χ4n) is 16.7. The highest BCUT2D eigenvalue weighted by Gasteiger charge is 2.36. The minimum atomic E-state index is -0.172. The molecule has 5 N–H and O–H groups in total. The number of aryl methyl sites for hydroxylation is 2. The molecule has 0 aliphatic carbocycles. The van der Waals surface area contributed by atoms with E-state index in [4.69, 9.17) is 31.9 Å². The summed E-state index contributed by atoms with van der Waals surface area (Å²) in [6.45, 7) is 36.8. The van der Waals surface area contributed by atoms with Gasteiger partial charge in [0.25, 0.3) is 0 Å². The molecule has 5 aromatic carbocycles. The Kier molecular flexibility index (Phi) is 39.0. The number of halogens is 1. The Bertz CT molecular complexity index is 5130. The third-order valence-corrected chi connectivity index (χ3v) is 25.0. The molecule has 30 nitrogen and oxygen atoms in total. The number of anilines is 5. The van der Waals surface area contributed by atoms with Crippen LogP contribution in [-0.4, -0.2) is 219 Å². The van der Waals surface area contributed by atoms with Gasteiger partial charge in [-0.25, -0.2) is 24.0 Å². The number of methoxy groups -OCH3 is 2. The van der Waals surface area contributed by atoms with E-state index in [2.05, 4.69) is 65.5 Å². The van der Waals surface area contributed by atoms with Gasteiger partial charge in [-0.1, -0.05) is 55.6 Å². The number of carbonyl (C=O) groups is 8. The highest BCUT2D eigenvalue weighted by atomic mass is 79.9. The van der Waals surface area contributed by atoms with E-state index in [1.54, 1.807) is 64.9 Å². The first-order chi connectivity index (χ1) is 63.6. The maximum absolute atomic E-state index is 13.1. The molecule has 708 valence electrons. The van der Waals surface area contributed by atoms with Crippen LogP contribution in [0, 0.1) is 13.8 Å². The van der Waals surface area contributed by atoms with Crippen LogP contribution in [0.1, 0.15) is 154 Å². The number of rotatable bonds is 25. The second kappa shape index (κ2) is 50.9. The van der Waals surface area contributed by atoms with E-state index in [0.717, 1.165) is 158 Å². The second-order valence-corrected chi connectivity index (χ2v) is 34.6. The van der Waals surface area contributed by atoms with E-state index >= 15 is 0 Å². The maximum atomic E-state index is 13.1. The lowest BCUT2D eigenvalue weighted by Gasteiger charge is -2.40. The number of furan rings is 4. The molecule has 31 heteroatoms. The molecule has 0 bridgehead atoms. The number of allylic oxidation sites excluding steroid dienone is 2. The molecule has 0 unspecified atom stereocenters. The molecule has 13 amide bonds. The summed E-state index contributed by atoms with van der Waals surface area (Å²) in [5.41, 5.74) is 8.08. The number of hydrogen-bond acceptors (Lipinski definition) is 17. The van der Waals surface area contributed by atoms with Crippen molar-refractivity contribution >= 4 is 92.2 Å². The number of benzene rings is 5. The van der Waals surface area contributed by atoms with E-state index in [9.17, 15) is 38.4 Å². The zero-order chi connectivity index (χ0) is 94.8. The number of urea groups is 5. The van der Waals surface area contributed by atoms with Gasteiger partial charge in [-0.3, -0.25) is 14.4 Å². The van der Waals surface area contributed by atoms with Crippen LogP contribution in [0.2, 0.25) is 0 Å². The lowest BCUT2D eigenvalue weighted by atomic mass is 10.0. The van der Waals surface area contributed by atoms with Crippen LogP contribution < -0.4 is 40.8 Å². The van der Waals surface area contributed by atoms with Crippen LogP contribution in [0.5, 0.6) is 17.2 Å². The summed E-state index contributed by atoms with van der Waals surface area (Å²) in [5.74, 6) is 5.38. The van der Waals surface area contributed by atoms with Crippen molar-refractivity contribution in [1.82, 2.24) is 49.0 Å². The molecule has 9 aromatic rings. The van der Waals surface area contributed by atoms with Crippen molar-refractivity contribution in [2.24, 2.45) is 0 Å². The van der Waals surface area contributed by atoms with Crippen LogP contribution in [0.25, 0.3) is 0 Å². The highest BCUT2D eigenvalue weighted by Crippen LogP contribution is 2.33. The Labute approximate surface area is 785 Å². The van der Waals surface area contributed by atoms with Gasteiger partial charge in [-0.05, 0) is 261 Å². The fourth-order valence-corrected chi connectivity index (χ4v) is 17.1. The summed E-state index contributed by atoms with van der Waals surface area (Å²) in [6.07, 6.45) is 14.7. The van der Waals surface area contributed by atoms with Crippen LogP contribution in [0.3, 0.4) is 0 Å². The minimum Gasteiger partial charge on any atom is -0.497 e. The van der Waals surface area contributed by atoms with Crippen LogP contribution in [0.15, 0.2) is 236 Å². The number of para-hydroxylation sites is 5. The van der Waals surface area contributed by atoms with E-state index in [1.807, 2.05) is 247 Å². The SMILES string of the molecule is C=C(C)N1CCC(N(Cc2ccco2)C(=O)Nc2ccc(OC)cc2)CC1.C=C(C)N1CCC(N(Cc2ccco2)C(=O)Nc2ccccc2OC)CC1.CC(=O)N1CCC(N(Cc2ccco2)C(=O)Nc2ccc(C)c(C)c2)CC1.CC(=O)N1CCC(N(Cc2ccco2)C(=O)Nc2ccccc2Br)CC1.CCOc1ccccc1NC(=O)N(C(C)C)C1CCN(C(C)=O)CC1. The summed E-state index contributed by atoms with van der Waals surface area (Å²) in [4.78, 5) is 119. The third-order valence-electron chi connectivity index (χ3n) is 24.3. The standard InChI is InChI=1S/3C21H27N3O3.C19H22BrN3O3.C19H29N3O3/c1-16(2)23-12-10-18(11-13-23)24(15-20-5-4-14-27-20)21(25)22-17-6-8-19(26-3)9-7-17;1-15-6-7-18(13-16(15)2)22-21(26)24(14-20-5-4-12-27-20)19-8-10-23(11-9-19)17(3)25;1-16(2)23-12-10-17(11-13-23)24(15-18-7-6-14-27-18)21(25)22-19-8-4-5-9-20(19)26-3;1-14(24)22-10-8-15(9-11-22)23(13-16-5-4-12-26-16)19(25)21-18-7-3-2-6-17(18)20;1-5-25-18-9-7-6-8-17(18)20-19(24)22(14(2)3)16-10-12-21(13-11-16)15(4)23/h4-9,14,18H,1,10-13,15H2,2-3H3,(H,22,25);4-7,12-13,19H,8-11,14H2,1-3H3,(H,22,26);4-9,14,17H,1,10-13,15H2,2-3H3,(H,22,25);2-7,12,15H,8-11,13H2,1H3,(H,21,25);6-9,14,16H,5,10-13H2,1-4H3,(H,20,24). The minimum absolute atomic E-state index is 0.0539. The third kappa shape index (κ3) is 30.3. The number of nitrogens with one attached hydrogen (secondary N) is 5. The molecule has 5 aliphatic heterocycles. The van der Waals surface area contributed by atoms with Gasteiger partial charge in [0.1, 0.15) is 40.3 Å². The summed E-state index contributed by atoms with van der Waals surface area (Å²) >= 11 is 3.46. The van der Waals surface area contributed by atoms with Crippen molar-refractivity contribution in [3.05, 3.63) is 252 Å². The molecule has 0 radical (unpaired) electrons. The molecule has 0 spiro atoms. The highest BCUT2D eigenvalue weighted by molar-refractivity contribution is 9.10. The average Bonchev–Trinajstić information content (AvgIpc) is 1.07. The predicted molar refractivity (Wildman–Crippen MR) is 517 cm³/mol. The van der Waals surface area contributed by atoms with Gasteiger partial charge in [0.2, 0.25) is 17.7 Å². The molecule has 0 saturated carbocycles. The zero-order valence-electron chi connectivity index (χ0n) is 78.4. The lowest BCUT2D eigenvalue weighted by Crippen LogP contribution is -2.52. The number of hydrogen-bond donors (Lipinski definition) is 5.